The van der Waals surface area contributed by atoms with Crippen molar-refractivity contribution in [1.29, 1.82) is 0 Å². The predicted molar refractivity (Wildman–Crippen MR) is 125 cm³/mol. The van der Waals surface area contributed by atoms with Gasteiger partial charge in [-0.25, -0.2) is 9.59 Å². The molecule has 2 aromatic carbocycles. The summed E-state index contributed by atoms with van der Waals surface area (Å²) in [6.45, 7) is 1.29. The number of esters is 2. The van der Waals surface area contributed by atoms with E-state index in [2.05, 4.69) is 9.72 Å². The van der Waals surface area contributed by atoms with E-state index in [1.54, 1.807) is 19.1 Å². The number of rotatable bonds is 7. The molecule has 176 valence electrons. The number of pyridine rings is 1. The lowest BCUT2D eigenvalue weighted by Gasteiger charge is -2.15. The van der Waals surface area contributed by atoms with Crippen molar-refractivity contribution in [3.8, 4) is 28.1 Å². The first kappa shape index (κ1) is 24.9. The number of carbonyl (C=O) groups excluding carboxylic acids is 2. The Hall–Kier alpha value is -3.69. The maximum atomic E-state index is 12.5. The molecule has 0 saturated heterocycles. The van der Waals surface area contributed by atoms with Gasteiger partial charge in [0.25, 0.3) is 5.69 Å². The van der Waals surface area contributed by atoms with Gasteiger partial charge in [0.05, 0.1) is 41.1 Å². The van der Waals surface area contributed by atoms with E-state index in [1.807, 2.05) is 0 Å². The summed E-state index contributed by atoms with van der Waals surface area (Å²) in [6, 6.07) is 10.5. The SMILES string of the molecule is COC(=O)COc1ccc(-c2cc(-c3ccc([N+](=O)[O-])cc3)c(C(=O)OC)c(C)n2)c(Cl)c1Cl. The van der Waals surface area contributed by atoms with Crippen molar-refractivity contribution in [2.45, 2.75) is 6.92 Å². The number of non-ortho nitro benzene ring substituents is 1. The van der Waals surface area contributed by atoms with Crippen LogP contribution < -0.4 is 4.74 Å². The molecule has 0 bridgehead atoms. The Morgan fingerprint density at radius 3 is 2.26 bits per heavy atom. The minimum Gasteiger partial charge on any atom is -0.480 e. The van der Waals surface area contributed by atoms with Gasteiger partial charge in [0.2, 0.25) is 0 Å². The molecular weight excluding hydrogens is 487 g/mol. The van der Waals surface area contributed by atoms with Crippen molar-refractivity contribution in [1.82, 2.24) is 4.98 Å². The number of nitrogens with zero attached hydrogens (tertiary/aromatic N) is 2. The Kier molecular flexibility index (Phi) is 7.70. The van der Waals surface area contributed by atoms with Gasteiger partial charge in [0.15, 0.2) is 6.61 Å². The van der Waals surface area contributed by atoms with Crippen LogP contribution in [0.5, 0.6) is 5.75 Å². The molecule has 3 rings (SSSR count). The minimum atomic E-state index is -0.611. The zero-order valence-corrected chi connectivity index (χ0v) is 19.8. The zero-order chi connectivity index (χ0) is 25.0. The lowest BCUT2D eigenvalue weighted by Crippen LogP contribution is -2.12. The second-order valence-electron chi connectivity index (χ2n) is 6.92. The van der Waals surface area contributed by atoms with Crippen LogP contribution >= 0.6 is 23.2 Å². The van der Waals surface area contributed by atoms with Crippen LogP contribution in [0.3, 0.4) is 0 Å². The summed E-state index contributed by atoms with van der Waals surface area (Å²) < 4.78 is 14.8. The molecule has 9 nitrogen and oxygen atoms in total. The highest BCUT2D eigenvalue weighted by molar-refractivity contribution is 6.44. The number of nitro benzene ring substituents is 1. The number of hydrogen-bond acceptors (Lipinski definition) is 8. The van der Waals surface area contributed by atoms with Gasteiger partial charge in [-0.15, -0.1) is 0 Å². The lowest BCUT2D eigenvalue weighted by molar-refractivity contribution is -0.384. The number of hydrogen-bond donors (Lipinski definition) is 0. The number of ether oxygens (including phenoxy) is 3. The highest BCUT2D eigenvalue weighted by atomic mass is 35.5. The van der Waals surface area contributed by atoms with E-state index in [0.29, 0.717) is 28.1 Å². The normalized spacial score (nSPS) is 10.5. The molecule has 3 aromatic rings. The van der Waals surface area contributed by atoms with Crippen molar-refractivity contribution < 1.29 is 28.7 Å². The van der Waals surface area contributed by atoms with E-state index in [9.17, 15) is 19.7 Å². The molecule has 34 heavy (non-hydrogen) atoms. The highest BCUT2D eigenvalue weighted by Crippen LogP contribution is 2.41. The van der Waals surface area contributed by atoms with Gasteiger partial charge in [-0.05, 0) is 42.8 Å². The molecule has 0 fully saturated rings. The average molecular weight is 505 g/mol. The zero-order valence-electron chi connectivity index (χ0n) is 18.3. The Labute approximate surface area is 204 Å². The molecule has 0 aliphatic heterocycles. The molecule has 0 amide bonds. The monoisotopic (exact) mass is 504 g/mol. The van der Waals surface area contributed by atoms with Crippen molar-refractivity contribution >= 4 is 40.8 Å². The van der Waals surface area contributed by atoms with Gasteiger partial charge >= 0.3 is 11.9 Å². The third-order valence-corrected chi connectivity index (χ3v) is 5.74. The summed E-state index contributed by atoms with van der Waals surface area (Å²) >= 11 is 12.8. The summed E-state index contributed by atoms with van der Waals surface area (Å²) in [5.74, 6) is -1.01. The standard InChI is InChI=1S/C23H18Cl2N2O7/c1-12-20(23(29)33-3)16(13-4-6-14(7-5-13)27(30)31)10-17(26-12)15-8-9-18(22(25)21(15)24)34-11-19(28)32-2/h4-10H,11H2,1-3H3. The van der Waals surface area contributed by atoms with Gasteiger partial charge < -0.3 is 14.2 Å². The second-order valence-corrected chi connectivity index (χ2v) is 7.67. The minimum absolute atomic E-state index is 0.0662. The number of aromatic nitrogens is 1. The molecule has 0 N–H and O–H groups in total. The maximum absolute atomic E-state index is 12.5. The van der Waals surface area contributed by atoms with E-state index in [0.717, 1.165) is 0 Å². The molecule has 0 spiro atoms. The van der Waals surface area contributed by atoms with Crippen LogP contribution in [-0.2, 0) is 14.3 Å². The van der Waals surface area contributed by atoms with Crippen LogP contribution in [0.2, 0.25) is 10.0 Å². The van der Waals surface area contributed by atoms with Crippen molar-refractivity contribution in [3.63, 3.8) is 0 Å². The van der Waals surface area contributed by atoms with Crippen LogP contribution in [0.15, 0.2) is 42.5 Å². The van der Waals surface area contributed by atoms with E-state index in [4.69, 9.17) is 32.7 Å². The smallest absolute Gasteiger partial charge is 0.343 e. The fraction of sp³-hybridized carbons (Fsp3) is 0.174. The first-order chi connectivity index (χ1) is 16.2. The molecule has 1 aromatic heterocycles. The van der Waals surface area contributed by atoms with Crippen molar-refractivity contribution in [3.05, 3.63) is 73.9 Å². The van der Waals surface area contributed by atoms with E-state index in [-0.39, 0.29) is 33.7 Å². The summed E-state index contributed by atoms with van der Waals surface area (Å²) in [7, 11) is 2.48. The molecule has 0 aliphatic carbocycles. The quantitative estimate of drug-likeness (QED) is 0.242. The highest BCUT2D eigenvalue weighted by Gasteiger charge is 2.22. The molecule has 0 aliphatic rings. The van der Waals surface area contributed by atoms with Gasteiger partial charge in [-0.3, -0.25) is 15.1 Å². The first-order valence-electron chi connectivity index (χ1n) is 9.70. The Bertz CT molecular complexity index is 1280. The lowest BCUT2D eigenvalue weighted by atomic mass is 9.96. The molecule has 0 atom stereocenters. The average Bonchev–Trinajstić information content (AvgIpc) is 2.83. The molecule has 11 heteroatoms. The molecule has 1 heterocycles. The number of aryl methyl sites for hydroxylation is 1. The van der Waals surface area contributed by atoms with Crippen molar-refractivity contribution in [2.24, 2.45) is 0 Å². The van der Waals surface area contributed by atoms with Gasteiger partial charge in [0.1, 0.15) is 10.8 Å². The van der Waals surface area contributed by atoms with E-state index >= 15 is 0 Å². The number of methoxy groups -OCH3 is 2. The number of halogens is 2. The van der Waals surface area contributed by atoms with Crippen LogP contribution in [0.4, 0.5) is 5.69 Å². The number of benzene rings is 2. The van der Waals surface area contributed by atoms with Crippen LogP contribution in [0, 0.1) is 17.0 Å². The van der Waals surface area contributed by atoms with Gasteiger partial charge in [-0.2, -0.15) is 0 Å². The molecule has 0 saturated carbocycles. The summed E-state index contributed by atoms with van der Waals surface area (Å²) in [4.78, 5) is 38.8. The molecule has 0 unspecified atom stereocenters. The fourth-order valence-electron chi connectivity index (χ4n) is 3.20. The third kappa shape index (κ3) is 5.11. The molecular formula is C23H18Cl2N2O7. The Morgan fingerprint density at radius 1 is 1.00 bits per heavy atom. The maximum Gasteiger partial charge on any atom is 0.343 e. The Balaban J connectivity index is 2.13. The number of carbonyl (C=O) groups is 2. The van der Waals surface area contributed by atoms with E-state index < -0.39 is 16.9 Å². The van der Waals surface area contributed by atoms with Crippen molar-refractivity contribution in [2.75, 3.05) is 20.8 Å². The van der Waals surface area contributed by atoms with Gasteiger partial charge in [-0.1, -0.05) is 23.2 Å². The second kappa shape index (κ2) is 10.5. The summed E-state index contributed by atoms with van der Waals surface area (Å²) in [5, 5.41) is 11.2. The van der Waals surface area contributed by atoms with Gasteiger partial charge in [0, 0.05) is 23.3 Å². The number of nitro groups is 1. The van der Waals surface area contributed by atoms with Crippen LogP contribution in [0.25, 0.3) is 22.4 Å². The van der Waals surface area contributed by atoms with Crippen LogP contribution in [0.1, 0.15) is 16.1 Å². The topological polar surface area (TPSA) is 118 Å². The molecule has 0 radical (unpaired) electrons. The van der Waals surface area contributed by atoms with E-state index in [1.165, 1.54) is 44.6 Å². The largest absolute Gasteiger partial charge is 0.480 e. The Morgan fingerprint density at radius 2 is 1.68 bits per heavy atom. The van der Waals surface area contributed by atoms with Crippen LogP contribution in [-0.4, -0.2) is 42.7 Å². The summed E-state index contributed by atoms with van der Waals surface area (Å²) in [5.41, 5.74) is 2.30. The first-order valence-corrected chi connectivity index (χ1v) is 10.5. The third-order valence-electron chi connectivity index (χ3n) is 4.88. The fourth-order valence-corrected chi connectivity index (χ4v) is 3.67. The predicted octanol–water partition coefficient (Wildman–Crippen LogP) is 5.28. The summed E-state index contributed by atoms with van der Waals surface area (Å²) in [6.07, 6.45) is 0.